The lowest BCUT2D eigenvalue weighted by Crippen LogP contribution is -2.23. The van der Waals surface area contributed by atoms with E-state index in [1.807, 2.05) is 11.4 Å². The number of carbonyl (C=O) groups is 1. The molecular formula is C14H11FN2O2S. The van der Waals surface area contributed by atoms with Crippen molar-refractivity contribution < 1.29 is 14.3 Å². The first-order valence-corrected chi connectivity index (χ1v) is 6.64. The maximum atomic E-state index is 13.4. The van der Waals surface area contributed by atoms with Crippen LogP contribution >= 0.6 is 11.3 Å². The highest BCUT2D eigenvalue weighted by Gasteiger charge is 2.11. The Bertz CT molecular complexity index is 673. The molecule has 2 rings (SSSR count). The van der Waals surface area contributed by atoms with E-state index in [-0.39, 0.29) is 18.7 Å². The quantitative estimate of drug-likeness (QED) is 0.843. The Morgan fingerprint density at radius 1 is 1.50 bits per heavy atom. The molecule has 0 aliphatic rings. The van der Waals surface area contributed by atoms with E-state index in [4.69, 9.17) is 5.11 Å². The van der Waals surface area contributed by atoms with Gasteiger partial charge in [-0.05, 0) is 17.5 Å². The van der Waals surface area contributed by atoms with Crippen molar-refractivity contribution in [1.29, 1.82) is 0 Å². The number of aromatic nitrogens is 1. The summed E-state index contributed by atoms with van der Waals surface area (Å²) in [6, 6.07) is 3.13. The van der Waals surface area contributed by atoms with Crippen LogP contribution in [0.1, 0.15) is 20.8 Å². The average Bonchev–Trinajstić information content (AvgIpc) is 2.90. The van der Waals surface area contributed by atoms with Gasteiger partial charge in [0.25, 0.3) is 5.91 Å². The van der Waals surface area contributed by atoms with Gasteiger partial charge in [0.1, 0.15) is 6.61 Å². The third-order valence-electron chi connectivity index (χ3n) is 2.47. The van der Waals surface area contributed by atoms with E-state index < -0.39 is 11.7 Å². The fraction of sp³-hybridized carbons (Fsp3) is 0.143. The maximum absolute atomic E-state index is 13.4. The zero-order valence-corrected chi connectivity index (χ0v) is 11.2. The van der Waals surface area contributed by atoms with Crippen LogP contribution in [0.25, 0.3) is 0 Å². The third kappa shape index (κ3) is 3.41. The average molecular weight is 290 g/mol. The number of rotatable bonds is 3. The fourth-order valence-electron chi connectivity index (χ4n) is 1.54. The topological polar surface area (TPSA) is 62.2 Å². The van der Waals surface area contributed by atoms with Crippen LogP contribution in [0, 0.1) is 17.7 Å². The lowest BCUT2D eigenvalue weighted by Gasteiger charge is -2.05. The zero-order chi connectivity index (χ0) is 14.4. The van der Waals surface area contributed by atoms with Gasteiger partial charge in [0.05, 0.1) is 18.3 Å². The number of amides is 1. The predicted molar refractivity (Wildman–Crippen MR) is 73.6 cm³/mol. The summed E-state index contributed by atoms with van der Waals surface area (Å²) in [6.45, 7) is 0.0393. The van der Waals surface area contributed by atoms with Crippen molar-refractivity contribution in [3.05, 3.63) is 51.7 Å². The maximum Gasteiger partial charge on any atom is 0.254 e. The van der Waals surface area contributed by atoms with Crippen LogP contribution < -0.4 is 5.32 Å². The number of carbonyl (C=O) groups excluding carboxylic acids is 1. The number of hydrogen-bond donors (Lipinski definition) is 2. The van der Waals surface area contributed by atoms with Gasteiger partial charge in [-0.25, -0.2) is 4.39 Å². The molecule has 0 atom stereocenters. The normalized spacial score (nSPS) is 9.70. The summed E-state index contributed by atoms with van der Waals surface area (Å²) in [6.07, 6.45) is 2.36. The van der Waals surface area contributed by atoms with E-state index in [1.165, 1.54) is 23.6 Å². The first-order valence-electron chi connectivity index (χ1n) is 5.76. The number of halogens is 1. The molecule has 1 amide bonds. The van der Waals surface area contributed by atoms with Gasteiger partial charge in [-0.15, -0.1) is 11.3 Å². The minimum absolute atomic E-state index is 0.0421. The second-order valence-electron chi connectivity index (χ2n) is 3.76. The number of pyridine rings is 1. The minimum atomic E-state index is -0.656. The van der Waals surface area contributed by atoms with Crippen molar-refractivity contribution in [1.82, 2.24) is 10.3 Å². The van der Waals surface area contributed by atoms with Crippen molar-refractivity contribution in [2.45, 2.75) is 6.54 Å². The molecule has 6 heteroatoms. The molecule has 0 fully saturated rings. The Morgan fingerprint density at radius 3 is 3.10 bits per heavy atom. The molecule has 4 nitrogen and oxygen atoms in total. The van der Waals surface area contributed by atoms with E-state index in [2.05, 4.69) is 22.1 Å². The van der Waals surface area contributed by atoms with Crippen molar-refractivity contribution in [2.75, 3.05) is 6.61 Å². The third-order valence-corrected chi connectivity index (χ3v) is 3.40. The Balaban J connectivity index is 2.04. The smallest absolute Gasteiger partial charge is 0.254 e. The number of thiophene rings is 1. The van der Waals surface area contributed by atoms with Crippen LogP contribution in [-0.2, 0) is 6.54 Å². The van der Waals surface area contributed by atoms with E-state index >= 15 is 0 Å². The highest BCUT2D eigenvalue weighted by Crippen LogP contribution is 2.15. The highest BCUT2D eigenvalue weighted by atomic mass is 32.1. The summed E-state index contributed by atoms with van der Waals surface area (Å²) in [5, 5.41) is 13.1. The van der Waals surface area contributed by atoms with Gasteiger partial charge in [-0.3, -0.25) is 9.78 Å². The highest BCUT2D eigenvalue weighted by molar-refractivity contribution is 7.10. The van der Waals surface area contributed by atoms with Gasteiger partial charge in [0, 0.05) is 16.6 Å². The van der Waals surface area contributed by atoms with Crippen molar-refractivity contribution in [2.24, 2.45) is 0 Å². The molecule has 0 bridgehead atoms. The summed E-state index contributed by atoms with van der Waals surface area (Å²) in [5.41, 5.74) is 0.707. The number of aliphatic hydroxyl groups is 1. The molecule has 2 aromatic rings. The second kappa shape index (κ2) is 6.80. The molecule has 2 aromatic heterocycles. The molecule has 0 radical (unpaired) electrons. The summed E-state index contributed by atoms with van der Waals surface area (Å²) < 4.78 is 13.4. The van der Waals surface area contributed by atoms with Crippen LogP contribution in [0.15, 0.2) is 29.9 Å². The van der Waals surface area contributed by atoms with Gasteiger partial charge in [-0.1, -0.05) is 11.8 Å². The lowest BCUT2D eigenvalue weighted by atomic mass is 10.2. The van der Waals surface area contributed by atoms with E-state index in [0.29, 0.717) is 0 Å². The standard InChI is InChI=1S/C14H11FN2O2S/c15-12-8-16-5-3-11(12)14(19)17-9-13-10(2-1-6-18)4-7-20-13/h3-5,7-8,18H,6,9H2,(H,17,19). The molecule has 0 aliphatic carbocycles. The van der Waals surface area contributed by atoms with Crippen LogP contribution in [0.5, 0.6) is 0 Å². The van der Waals surface area contributed by atoms with E-state index in [9.17, 15) is 9.18 Å². The summed E-state index contributed by atoms with van der Waals surface area (Å²) in [4.78, 5) is 16.3. The van der Waals surface area contributed by atoms with Crippen LogP contribution in [0.3, 0.4) is 0 Å². The molecule has 2 heterocycles. The second-order valence-corrected chi connectivity index (χ2v) is 4.76. The predicted octanol–water partition coefficient (Wildman–Crippen LogP) is 1.56. The monoisotopic (exact) mass is 290 g/mol. The fourth-order valence-corrected chi connectivity index (χ4v) is 2.31. The zero-order valence-electron chi connectivity index (χ0n) is 10.4. The number of nitrogens with zero attached hydrogens (tertiary/aromatic N) is 1. The van der Waals surface area contributed by atoms with Crippen LogP contribution in [0.4, 0.5) is 4.39 Å². The Hall–Kier alpha value is -2.23. The van der Waals surface area contributed by atoms with E-state index in [0.717, 1.165) is 16.6 Å². The molecule has 0 spiro atoms. The number of nitrogens with one attached hydrogen (secondary N) is 1. The molecule has 102 valence electrons. The van der Waals surface area contributed by atoms with Crippen molar-refractivity contribution in [3.8, 4) is 11.8 Å². The van der Waals surface area contributed by atoms with Gasteiger partial charge in [-0.2, -0.15) is 0 Å². The summed E-state index contributed by atoms with van der Waals surface area (Å²) in [7, 11) is 0. The number of hydrogen-bond acceptors (Lipinski definition) is 4. The summed E-state index contributed by atoms with van der Waals surface area (Å²) in [5.74, 6) is 4.19. The minimum Gasteiger partial charge on any atom is -0.384 e. The Kier molecular flexibility index (Phi) is 4.82. The molecule has 0 aromatic carbocycles. The van der Waals surface area contributed by atoms with E-state index in [1.54, 1.807) is 0 Å². The Morgan fingerprint density at radius 2 is 2.35 bits per heavy atom. The molecule has 2 N–H and O–H groups in total. The first-order chi connectivity index (χ1) is 9.72. The molecular weight excluding hydrogens is 279 g/mol. The molecule has 0 aliphatic heterocycles. The van der Waals surface area contributed by atoms with Crippen molar-refractivity contribution in [3.63, 3.8) is 0 Å². The van der Waals surface area contributed by atoms with Crippen LogP contribution in [-0.4, -0.2) is 22.6 Å². The SMILES string of the molecule is O=C(NCc1sccc1C#CCO)c1ccncc1F. The molecule has 20 heavy (non-hydrogen) atoms. The number of aliphatic hydroxyl groups excluding tert-OH is 1. The van der Waals surface area contributed by atoms with Gasteiger partial charge in [0.15, 0.2) is 5.82 Å². The first kappa shape index (κ1) is 14.2. The van der Waals surface area contributed by atoms with Gasteiger partial charge < -0.3 is 10.4 Å². The molecule has 0 saturated heterocycles. The lowest BCUT2D eigenvalue weighted by molar-refractivity contribution is 0.0947. The van der Waals surface area contributed by atoms with Crippen LogP contribution in [0.2, 0.25) is 0 Å². The largest absolute Gasteiger partial charge is 0.384 e. The van der Waals surface area contributed by atoms with Crippen molar-refractivity contribution >= 4 is 17.2 Å². The Labute approximate surface area is 119 Å². The summed E-state index contributed by atoms with van der Waals surface area (Å²) >= 11 is 1.44. The molecule has 0 saturated carbocycles. The van der Waals surface area contributed by atoms with Gasteiger partial charge >= 0.3 is 0 Å². The van der Waals surface area contributed by atoms with Gasteiger partial charge in [0.2, 0.25) is 0 Å². The molecule has 0 unspecified atom stereocenters.